The minimum absolute atomic E-state index is 0.426. The van der Waals surface area contributed by atoms with Gasteiger partial charge in [-0.15, -0.1) is 0 Å². The highest BCUT2D eigenvalue weighted by atomic mass is 79.9. The fraction of sp³-hybridized carbons (Fsp3) is 0.333. The van der Waals surface area contributed by atoms with Crippen LogP contribution in [0.1, 0.15) is 12.3 Å². The average molecular weight is 310 g/mol. The summed E-state index contributed by atoms with van der Waals surface area (Å²) in [5.41, 5.74) is 6.43. The molecule has 2 heterocycles. The van der Waals surface area contributed by atoms with Crippen molar-refractivity contribution in [1.29, 1.82) is 0 Å². The second-order valence-electron chi connectivity index (χ2n) is 4.39. The van der Waals surface area contributed by atoms with Crippen LogP contribution < -0.4 is 5.73 Å². The Labute approximate surface area is 112 Å². The van der Waals surface area contributed by atoms with E-state index < -0.39 is 5.54 Å². The standard InChI is InChI=1S/C12H12BrN3O2/c13-9-3-1-8(2-4-9)10-15-11(18-16-10)12(14)5-6-17-7-12/h1-4H,5-7,14H2. The molecule has 1 unspecified atom stereocenters. The van der Waals surface area contributed by atoms with Gasteiger partial charge in [0.05, 0.1) is 6.61 Å². The van der Waals surface area contributed by atoms with E-state index in [9.17, 15) is 0 Å². The van der Waals surface area contributed by atoms with Gasteiger partial charge in [-0.25, -0.2) is 0 Å². The van der Waals surface area contributed by atoms with Crippen LogP contribution >= 0.6 is 15.9 Å². The van der Waals surface area contributed by atoms with Crippen LogP contribution in [-0.4, -0.2) is 23.4 Å². The van der Waals surface area contributed by atoms with Crippen molar-refractivity contribution >= 4 is 15.9 Å². The van der Waals surface area contributed by atoms with Crippen LogP contribution in [0.2, 0.25) is 0 Å². The summed E-state index contributed by atoms with van der Waals surface area (Å²) in [6.07, 6.45) is 0.703. The Kier molecular flexibility index (Phi) is 2.93. The molecular weight excluding hydrogens is 298 g/mol. The van der Waals surface area contributed by atoms with Crippen LogP contribution in [0.5, 0.6) is 0 Å². The number of aromatic nitrogens is 2. The molecule has 94 valence electrons. The lowest BCUT2D eigenvalue weighted by atomic mass is 10.0. The molecular formula is C12H12BrN3O2. The number of hydrogen-bond donors (Lipinski definition) is 1. The maximum absolute atomic E-state index is 6.17. The Morgan fingerprint density at radius 1 is 1.28 bits per heavy atom. The molecule has 1 aromatic heterocycles. The monoisotopic (exact) mass is 309 g/mol. The van der Waals surface area contributed by atoms with E-state index in [1.807, 2.05) is 24.3 Å². The summed E-state index contributed by atoms with van der Waals surface area (Å²) in [7, 11) is 0. The van der Waals surface area contributed by atoms with Crippen LogP contribution in [0.25, 0.3) is 11.4 Å². The molecule has 2 aromatic rings. The van der Waals surface area contributed by atoms with Crippen LogP contribution in [0, 0.1) is 0 Å². The molecule has 0 aliphatic carbocycles. The third-order valence-corrected chi connectivity index (χ3v) is 3.54. The molecule has 1 aliphatic heterocycles. The van der Waals surface area contributed by atoms with Crippen LogP contribution in [-0.2, 0) is 10.3 Å². The average Bonchev–Trinajstić information content (AvgIpc) is 2.99. The number of nitrogens with zero attached hydrogens (tertiary/aromatic N) is 2. The molecule has 3 rings (SSSR count). The van der Waals surface area contributed by atoms with E-state index in [2.05, 4.69) is 26.1 Å². The van der Waals surface area contributed by atoms with Gasteiger partial charge in [0.15, 0.2) is 0 Å². The summed E-state index contributed by atoms with van der Waals surface area (Å²) in [6, 6.07) is 7.71. The quantitative estimate of drug-likeness (QED) is 0.919. The van der Waals surface area contributed by atoms with E-state index in [0.717, 1.165) is 10.0 Å². The molecule has 1 atom stereocenters. The zero-order valence-electron chi connectivity index (χ0n) is 9.60. The second-order valence-corrected chi connectivity index (χ2v) is 5.30. The predicted molar refractivity (Wildman–Crippen MR) is 68.7 cm³/mol. The Bertz CT molecular complexity index is 547. The first kappa shape index (κ1) is 11.8. The summed E-state index contributed by atoms with van der Waals surface area (Å²) in [5.74, 6) is 0.993. The highest BCUT2D eigenvalue weighted by Gasteiger charge is 2.38. The van der Waals surface area contributed by atoms with E-state index in [4.69, 9.17) is 15.0 Å². The Morgan fingerprint density at radius 2 is 2.06 bits per heavy atom. The number of rotatable bonds is 2. The van der Waals surface area contributed by atoms with Crippen molar-refractivity contribution in [2.45, 2.75) is 12.0 Å². The first-order chi connectivity index (χ1) is 8.67. The maximum atomic E-state index is 6.17. The Balaban J connectivity index is 1.91. The van der Waals surface area contributed by atoms with E-state index in [-0.39, 0.29) is 0 Å². The number of benzene rings is 1. The number of nitrogens with two attached hydrogens (primary N) is 1. The molecule has 0 spiro atoms. The third-order valence-electron chi connectivity index (χ3n) is 3.01. The van der Waals surface area contributed by atoms with Crippen molar-refractivity contribution in [2.24, 2.45) is 5.73 Å². The fourth-order valence-electron chi connectivity index (χ4n) is 1.89. The molecule has 1 aliphatic rings. The summed E-state index contributed by atoms with van der Waals surface area (Å²) >= 11 is 3.38. The highest BCUT2D eigenvalue weighted by Crippen LogP contribution is 2.28. The van der Waals surface area contributed by atoms with Crippen LogP contribution in [0.15, 0.2) is 33.3 Å². The molecule has 6 heteroatoms. The Morgan fingerprint density at radius 3 is 2.72 bits per heavy atom. The molecule has 1 aromatic carbocycles. The zero-order valence-corrected chi connectivity index (χ0v) is 11.2. The minimum atomic E-state index is -0.638. The van der Waals surface area contributed by atoms with E-state index >= 15 is 0 Å². The number of ether oxygens (including phenoxy) is 1. The smallest absolute Gasteiger partial charge is 0.249 e. The number of hydrogen-bond acceptors (Lipinski definition) is 5. The van der Waals surface area contributed by atoms with Gasteiger partial charge >= 0.3 is 0 Å². The van der Waals surface area contributed by atoms with Crippen molar-refractivity contribution in [3.8, 4) is 11.4 Å². The van der Waals surface area contributed by atoms with E-state index in [0.29, 0.717) is 31.3 Å². The lowest BCUT2D eigenvalue weighted by Crippen LogP contribution is -2.37. The molecule has 0 saturated carbocycles. The van der Waals surface area contributed by atoms with Gasteiger partial charge in [0.1, 0.15) is 5.54 Å². The first-order valence-corrected chi connectivity index (χ1v) is 6.43. The normalized spacial score (nSPS) is 23.4. The SMILES string of the molecule is NC1(c2nc(-c3ccc(Br)cc3)no2)CCOC1. The van der Waals surface area contributed by atoms with Gasteiger partial charge in [-0.2, -0.15) is 4.98 Å². The molecule has 1 saturated heterocycles. The van der Waals surface area contributed by atoms with Gasteiger partial charge in [-0.1, -0.05) is 21.1 Å². The van der Waals surface area contributed by atoms with Crippen LogP contribution in [0.4, 0.5) is 0 Å². The van der Waals surface area contributed by atoms with Crippen molar-refractivity contribution in [3.63, 3.8) is 0 Å². The number of halogens is 1. The highest BCUT2D eigenvalue weighted by molar-refractivity contribution is 9.10. The Hall–Kier alpha value is -1.24. The summed E-state index contributed by atoms with van der Waals surface area (Å²) in [5, 5.41) is 3.97. The fourth-order valence-corrected chi connectivity index (χ4v) is 2.16. The van der Waals surface area contributed by atoms with Gasteiger partial charge in [0.25, 0.3) is 0 Å². The lowest BCUT2D eigenvalue weighted by molar-refractivity contribution is 0.166. The van der Waals surface area contributed by atoms with Crippen molar-refractivity contribution < 1.29 is 9.26 Å². The van der Waals surface area contributed by atoms with Gasteiger partial charge < -0.3 is 15.0 Å². The largest absolute Gasteiger partial charge is 0.379 e. The molecule has 0 amide bonds. The molecule has 1 fully saturated rings. The zero-order chi connectivity index (χ0) is 12.6. The second kappa shape index (κ2) is 4.46. The first-order valence-electron chi connectivity index (χ1n) is 5.64. The lowest BCUT2D eigenvalue weighted by Gasteiger charge is -2.14. The molecule has 0 bridgehead atoms. The predicted octanol–water partition coefficient (Wildman–Crippen LogP) is 2.07. The van der Waals surface area contributed by atoms with E-state index in [1.165, 1.54) is 0 Å². The van der Waals surface area contributed by atoms with Gasteiger partial charge in [-0.3, -0.25) is 0 Å². The minimum Gasteiger partial charge on any atom is -0.379 e. The topological polar surface area (TPSA) is 74.2 Å². The van der Waals surface area contributed by atoms with Gasteiger partial charge in [0, 0.05) is 16.6 Å². The third kappa shape index (κ3) is 2.07. The maximum Gasteiger partial charge on any atom is 0.249 e. The van der Waals surface area contributed by atoms with Gasteiger partial charge in [0.2, 0.25) is 11.7 Å². The van der Waals surface area contributed by atoms with Crippen molar-refractivity contribution in [1.82, 2.24) is 10.1 Å². The summed E-state index contributed by atoms with van der Waals surface area (Å²) in [6.45, 7) is 1.06. The van der Waals surface area contributed by atoms with Crippen molar-refractivity contribution in [3.05, 3.63) is 34.6 Å². The van der Waals surface area contributed by atoms with Crippen molar-refractivity contribution in [2.75, 3.05) is 13.2 Å². The molecule has 0 radical (unpaired) electrons. The molecule has 5 nitrogen and oxygen atoms in total. The summed E-state index contributed by atoms with van der Waals surface area (Å²) < 4.78 is 11.6. The van der Waals surface area contributed by atoms with Crippen LogP contribution in [0.3, 0.4) is 0 Å². The van der Waals surface area contributed by atoms with Gasteiger partial charge in [-0.05, 0) is 30.7 Å². The van der Waals surface area contributed by atoms with E-state index in [1.54, 1.807) is 0 Å². The molecule has 18 heavy (non-hydrogen) atoms. The summed E-state index contributed by atoms with van der Waals surface area (Å²) in [4.78, 5) is 4.37. The molecule has 2 N–H and O–H groups in total.